The highest BCUT2D eigenvalue weighted by molar-refractivity contribution is 4.89. The minimum atomic E-state index is 0.845. The topological polar surface area (TPSA) is 9.72 Å². The van der Waals surface area contributed by atoms with E-state index in [2.05, 4.69) is 21.7 Å². The molecule has 98 valence electrons. The number of likely N-dealkylation sites (tertiary alicyclic amines) is 1. The van der Waals surface area contributed by atoms with E-state index in [1.165, 1.54) is 71.4 Å². The van der Waals surface area contributed by atoms with Crippen molar-refractivity contribution in [1.82, 2.24) is 14.7 Å². The molecule has 3 rings (SSSR count). The molecule has 0 radical (unpaired) electrons. The Morgan fingerprint density at radius 1 is 0.706 bits per heavy atom. The molecule has 0 bridgehead atoms. The fourth-order valence-corrected chi connectivity index (χ4v) is 3.95. The summed E-state index contributed by atoms with van der Waals surface area (Å²) in [5.41, 5.74) is 0. The van der Waals surface area contributed by atoms with Crippen molar-refractivity contribution in [1.29, 1.82) is 0 Å². The van der Waals surface area contributed by atoms with Crippen molar-refractivity contribution in [2.45, 2.75) is 44.2 Å². The summed E-state index contributed by atoms with van der Waals surface area (Å²) in [5.74, 6) is 0. The van der Waals surface area contributed by atoms with Crippen molar-refractivity contribution in [3.8, 4) is 0 Å². The maximum atomic E-state index is 2.79. The lowest BCUT2D eigenvalue weighted by Gasteiger charge is -2.48. The van der Waals surface area contributed by atoms with E-state index in [0.717, 1.165) is 12.1 Å². The van der Waals surface area contributed by atoms with Gasteiger partial charge in [0.1, 0.15) is 0 Å². The van der Waals surface area contributed by atoms with Gasteiger partial charge >= 0.3 is 0 Å². The van der Waals surface area contributed by atoms with Gasteiger partial charge in [0.2, 0.25) is 0 Å². The monoisotopic (exact) mass is 237 g/mol. The van der Waals surface area contributed by atoms with Gasteiger partial charge in [0, 0.05) is 38.3 Å². The van der Waals surface area contributed by atoms with Gasteiger partial charge in [-0.05, 0) is 45.8 Å². The van der Waals surface area contributed by atoms with E-state index in [1.54, 1.807) is 0 Å². The Bertz CT molecular complexity index is 256. The lowest BCUT2D eigenvalue weighted by Crippen LogP contribution is -2.59. The van der Waals surface area contributed by atoms with E-state index < -0.39 is 0 Å². The molecule has 3 fully saturated rings. The fraction of sp³-hybridized carbons (Fsp3) is 1.00. The second-order valence-corrected chi connectivity index (χ2v) is 6.24. The van der Waals surface area contributed by atoms with Crippen LogP contribution in [-0.4, -0.2) is 73.1 Å². The first-order valence-corrected chi connectivity index (χ1v) is 7.49. The fourth-order valence-electron chi connectivity index (χ4n) is 3.95. The summed E-state index contributed by atoms with van der Waals surface area (Å²) in [6.07, 6.45) is 7.16. The highest BCUT2D eigenvalue weighted by atomic mass is 15.3. The number of hydrogen-bond donors (Lipinski definition) is 0. The zero-order valence-corrected chi connectivity index (χ0v) is 11.3. The van der Waals surface area contributed by atoms with E-state index in [4.69, 9.17) is 0 Å². The number of piperazine rings is 1. The molecule has 2 unspecified atom stereocenters. The largest absolute Gasteiger partial charge is 0.305 e. The Morgan fingerprint density at radius 3 is 2.35 bits per heavy atom. The summed E-state index contributed by atoms with van der Waals surface area (Å²) in [7, 11) is 2.28. The van der Waals surface area contributed by atoms with E-state index >= 15 is 0 Å². The molecule has 17 heavy (non-hydrogen) atoms. The van der Waals surface area contributed by atoms with Crippen LogP contribution in [-0.2, 0) is 0 Å². The number of fused-ring (bicyclic) bond motifs is 1. The molecule has 3 heteroatoms. The van der Waals surface area contributed by atoms with Gasteiger partial charge in [-0.25, -0.2) is 0 Å². The average Bonchev–Trinajstić information content (AvgIpc) is 2.38. The van der Waals surface area contributed by atoms with Crippen LogP contribution < -0.4 is 0 Å². The van der Waals surface area contributed by atoms with Gasteiger partial charge in [-0.15, -0.1) is 0 Å². The minimum absolute atomic E-state index is 0.845. The molecule has 0 N–H and O–H groups in total. The number of piperidine rings is 2. The van der Waals surface area contributed by atoms with Crippen LogP contribution in [0, 0.1) is 0 Å². The van der Waals surface area contributed by atoms with Crippen LogP contribution in [0.2, 0.25) is 0 Å². The molecule has 0 saturated carbocycles. The predicted octanol–water partition coefficient (Wildman–Crippen LogP) is 1.25. The molecular weight excluding hydrogens is 210 g/mol. The van der Waals surface area contributed by atoms with Gasteiger partial charge in [-0.2, -0.15) is 0 Å². The molecule has 3 nitrogen and oxygen atoms in total. The third-order valence-electron chi connectivity index (χ3n) is 4.98. The quantitative estimate of drug-likeness (QED) is 0.679. The standard InChI is InChI=1S/C14H27N3/c1-15-7-4-6-13(11-15)17-10-9-16-8-3-2-5-14(16)12-17/h13-14H,2-12H2,1H3. The van der Waals surface area contributed by atoms with E-state index in [-0.39, 0.29) is 0 Å². The van der Waals surface area contributed by atoms with Crippen molar-refractivity contribution >= 4 is 0 Å². The molecule has 2 atom stereocenters. The first-order chi connectivity index (χ1) is 8.33. The average molecular weight is 237 g/mol. The van der Waals surface area contributed by atoms with Crippen LogP contribution in [0.1, 0.15) is 32.1 Å². The summed E-state index contributed by atoms with van der Waals surface area (Å²) < 4.78 is 0. The van der Waals surface area contributed by atoms with Crippen molar-refractivity contribution in [3.05, 3.63) is 0 Å². The summed E-state index contributed by atoms with van der Waals surface area (Å²) in [6, 6.07) is 1.72. The number of hydrogen-bond acceptors (Lipinski definition) is 3. The molecule has 3 aliphatic rings. The van der Waals surface area contributed by atoms with Gasteiger partial charge in [0.25, 0.3) is 0 Å². The Kier molecular flexibility index (Phi) is 3.69. The molecule has 0 aromatic rings. The Morgan fingerprint density at radius 2 is 1.47 bits per heavy atom. The second kappa shape index (κ2) is 5.25. The first-order valence-electron chi connectivity index (χ1n) is 7.49. The van der Waals surface area contributed by atoms with Crippen LogP contribution in [0.3, 0.4) is 0 Å². The second-order valence-electron chi connectivity index (χ2n) is 6.24. The molecule has 3 saturated heterocycles. The molecule has 0 amide bonds. The normalized spacial score (nSPS) is 37.9. The zero-order valence-electron chi connectivity index (χ0n) is 11.3. The van der Waals surface area contributed by atoms with Crippen LogP contribution in [0.5, 0.6) is 0 Å². The summed E-state index contributed by atoms with van der Waals surface area (Å²) >= 11 is 0. The van der Waals surface area contributed by atoms with Crippen molar-refractivity contribution in [3.63, 3.8) is 0 Å². The zero-order chi connectivity index (χ0) is 11.7. The van der Waals surface area contributed by atoms with Gasteiger partial charge < -0.3 is 4.90 Å². The van der Waals surface area contributed by atoms with Crippen LogP contribution in [0.25, 0.3) is 0 Å². The molecule has 0 spiro atoms. The third-order valence-corrected chi connectivity index (χ3v) is 4.98. The lowest BCUT2D eigenvalue weighted by atomic mass is 9.96. The number of nitrogens with zero attached hydrogens (tertiary/aromatic N) is 3. The van der Waals surface area contributed by atoms with E-state index in [9.17, 15) is 0 Å². The van der Waals surface area contributed by atoms with E-state index in [0.29, 0.717) is 0 Å². The smallest absolute Gasteiger partial charge is 0.0224 e. The molecule has 0 aromatic carbocycles. The first kappa shape index (κ1) is 11.9. The third kappa shape index (κ3) is 2.67. The van der Waals surface area contributed by atoms with Crippen molar-refractivity contribution in [2.75, 3.05) is 46.3 Å². The highest BCUT2D eigenvalue weighted by Crippen LogP contribution is 2.24. The molecule has 3 heterocycles. The van der Waals surface area contributed by atoms with Crippen LogP contribution in [0.15, 0.2) is 0 Å². The van der Waals surface area contributed by atoms with Gasteiger partial charge in [0.05, 0.1) is 0 Å². The maximum absolute atomic E-state index is 2.79. The SMILES string of the molecule is CN1CCCC(N2CCN3CCCCC3C2)C1. The summed E-state index contributed by atoms with van der Waals surface area (Å²) in [6.45, 7) is 7.95. The predicted molar refractivity (Wildman–Crippen MR) is 71.3 cm³/mol. The number of likely N-dealkylation sites (N-methyl/N-ethyl adjacent to an activating group) is 1. The van der Waals surface area contributed by atoms with Gasteiger partial charge in [-0.1, -0.05) is 6.42 Å². The molecule has 0 aliphatic carbocycles. The number of rotatable bonds is 1. The molecular formula is C14H27N3. The highest BCUT2D eigenvalue weighted by Gasteiger charge is 2.33. The summed E-state index contributed by atoms with van der Waals surface area (Å²) in [5, 5.41) is 0. The van der Waals surface area contributed by atoms with Gasteiger partial charge in [0.15, 0.2) is 0 Å². The minimum Gasteiger partial charge on any atom is -0.305 e. The Labute approximate surface area is 106 Å². The summed E-state index contributed by atoms with van der Waals surface area (Å²) in [4.78, 5) is 8.05. The Hall–Kier alpha value is -0.120. The van der Waals surface area contributed by atoms with Crippen molar-refractivity contribution in [2.24, 2.45) is 0 Å². The lowest BCUT2D eigenvalue weighted by molar-refractivity contribution is 0.00944. The van der Waals surface area contributed by atoms with Crippen molar-refractivity contribution < 1.29 is 0 Å². The van der Waals surface area contributed by atoms with Gasteiger partial charge in [-0.3, -0.25) is 9.80 Å². The molecule has 0 aromatic heterocycles. The van der Waals surface area contributed by atoms with Crippen LogP contribution in [0.4, 0.5) is 0 Å². The van der Waals surface area contributed by atoms with E-state index in [1.807, 2.05) is 0 Å². The Balaban J connectivity index is 1.57. The molecule has 3 aliphatic heterocycles. The maximum Gasteiger partial charge on any atom is 0.0224 e. The van der Waals surface area contributed by atoms with Crippen LogP contribution >= 0.6 is 0 Å².